The Morgan fingerprint density at radius 2 is 1.87 bits per heavy atom. The molecule has 0 spiro atoms. The van der Waals surface area contributed by atoms with Gasteiger partial charge in [0, 0.05) is 18.8 Å². The molecule has 0 aromatic heterocycles. The third-order valence-electron chi connectivity index (χ3n) is 5.57. The van der Waals surface area contributed by atoms with Gasteiger partial charge in [0.1, 0.15) is 6.54 Å². The molecule has 4 rings (SSSR count). The van der Waals surface area contributed by atoms with Crippen molar-refractivity contribution in [1.82, 2.24) is 9.80 Å². The molecule has 0 radical (unpaired) electrons. The number of hydrogen-bond acceptors (Lipinski definition) is 8. The number of nitrogens with zero attached hydrogens (tertiary/aromatic N) is 2. The van der Waals surface area contributed by atoms with E-state index >= 15 is 0 Å². The van der Waals surface area contributed by atoms with Crippen LogP contribution >= 0.6 is 23.4 Å². The van der Waals surface area contributed by atoms with Gasteiger partial charge in [0.25, 0.3) is 17.1 Å². The first kappa shape index (κ1) is 27.5. The fourth-order valence-corrected chi connectivity index (χ4v) is 4.88. The second kappa shape index (κ2) is 12.8. The van der Waals surface area contributed by atoms with Crippen LogP contribution in [-0.2, 0) is 19.1 Å². The normalized spacial score (nSPS) is 16.6. The van der Waals surface area contributed by atoms with Crippen LogP contribution < -0.4 is 14.8 Å². The highest BCUT2D eigenvalue weighted by Crippen LogP contribution is 2.39. The van der Waals surface area contributed by atoms with E-state index in [1.807, 2.05) is 6.07 Å². The number of halogens is 1. The van der Waals surface area contributed by atoms with Gasteiger partial charge in [0.15, 0.2) is 18.1 Å². The first-order chi connectivity index (χ1) is 18.4. The molecule has 38 heavy (non-hydrogen) atoms. The smallest absolute Gasteiger partial charge is 0.294 e. The molecular weight excluding hydrogens is 534 g/mol. The summed E-state index contributed by atoms with van der Waals surface area (Å²) < 4.78 is 16.6. The Labute approximate surface area is 228 Å². The van der Waals surface area contributed by atoms with Gasteiger partial charge in [-0.2, -0.15) is 0 Å². The Balaban J connectivity index is 1.45. The number of morpholine rings is 1. The maximum absolute atomic E-state index is 12.9. The van der Waals surface area contributed by atoms with E-state index in [0.717, 1.165) is 16.7 Å². The largest absolute Gasteiger partial charge is 0.490 e. The lowest BCUT2D eigenvalue weighted by Crippen LogP contribution is -2.46. The first-order valence-corrected chi connectivity index (χ1v) is 13.1. The van der Waals surface area contributed by atoms with Crippen LogP contribution in [0.25, 0.3) is 6.08 Å². The molecule has 2 saturated heterocycles. The van der Waals surface area contributed by atoms with E-state index in [0.29, 0.717) is 44.2 Å². The third-order valence-corrected chi connectivity index (χ3v) is 6.75. The number of hydrogen-bond donors (Lipinski definition) is 1. The van der Waals surface area contributed by atoms with Crippen LogP contribution in [0.2, 0.25) is 5.02 Å². The highest BCUT2D eigenvalue weighted by molar-refractivity contribution is 8.18. The fraction of sp³-hybridized carbons (Fsp3) is 0.308. The molecule has 12 heteroatoms. The predicted molar refractivity (Wildman–Crippen MR) is 143 cm³/mol. The number of ether oxygens (including phenoxy) is 3. The number of thioether (sulfide) groups is 1. The topological polar surface area (TPSA) is 114 Å². The quantitative estimate of drug-likeness (QED) is 0.463. The Morgan fingerprint density at radius 3 is 2.58 bits per heavy atom. The van der Waals surface area contributed by atoms with Crippen LogP contribution in [0.15, 0.2) is 47.4 Å². The minimum Gasteiger partial charge on any atom is -0.490 e. The van der Waals surface area contributed by atoms with Crippen molar-refractivity contribution in [2.24, 2.45) is 0 Å². The highest BCUT2D eigenvalue weighted by atomic mass is 35.5. The van der Waals surface area contributed by atoms with Crippen molar-refractivity contribution in [3.05, 3.63) is 58.0 Å². The minimum atomic E-state index is -0.561. The van der Waals surface area contributed by atoms with Gasteiger partial charge in [0.2, 0.25) is 5.91 Å². The molecule has 0 saturated carbocycles. The second-order valence-electron chi connectivity index (χ2n) is 8.23. The van der Waals surface area contributed by atoms with Gasteiger partial charge >= 0.3 is 0 Å². The molecule has 4 amide bonds. The van der Waals surface area contributed by atoms with Crippen molar-refractivity contribution in [2.75, 3.05) is 51.4 Å². The minimum absolute atomic E-state index is 0.152. The monoisotopic (exact) mass is 559 g/mol. The van der Waals surface area contributed by atoms with Crippen LogP contribution in [0.1, 0.15) is 12.5 Å². The molecule has 1 N–H and O–H groups in total. The Hall–Kier alpha value is -3.54. The maximum atomic E-state index is 12.9. The molecule has 0 aliphatic carbocycles. The summed E-state index contributed by atoms with van der Waals surface area (Å²) in [5.74, 6) is -0.789. The van der Waals surface area contributed by atoms with Crippen molar-refractivity contribution >= 4 is 58.1 Å². The molecule has 2 heterocycles. The number of nitrogens with one attached hydrogen (secondary N) is 1. The molecule has 10 nitrogen and oxygen atoms in total. The molecular formula is C26H26ClN3O7S. The van der Waals surface area contributed by atoms with E-state index in [9.17, 15) is 19.2 Å². The van der Waals surface area contributed by atoms with E-state index in [2.05, 4.69) is 5.32 Å². The van der Waals surface area contributed by atoms with Gasteiger partial charge in [-0.3, -0.25) is 24.1 Å². The number of benzene rings is 2. The lowest BCUT2D eigenvalue weighted by atomic mass is 10.1. The number of rotatable bonds is 9. The van der Waals surface area contributed by atoms with Gasteiger partial charge in [-0.15, -0.1) is 0 Å². The second-order valence-corrected chi connectivity index (χ2v) is 9.63. The van der Waals surface area contributed by atoms with E-state index < -0.39 is 11.1 Å². The van der Waals surface area contributed by atoms with Crippen LogP contribution in [0, 0.1) is 0 Å². The van der Waals surface area contributed by atoms with Crippen LogP contribution in [0.5, 0.6) is 11.5 Å². The number of anilines is 1. The summed E-state index contributed by atoms with van der Waals surface area (Å²) in [5.41, 5.74) is 1.12. The van der Waals surface area contributed by atoms with Gasteiger partial charge < -0.3 is 24.4 Å². The van der Waals surface area contributed by atoms with Crippen LogP contribution in [0.4, 0.5) is 10.5 Å². The summed E-state index contributed by atoms with van der Waals surface area (Å²) in [7, 11) is 0. The lowest BCUT2D eigenvalue weighted by molar-refractivity contribution is -0.139. The summed E-state index contributed by atoms with van der Waals surface area (Å²) >= 11 is 7.20. The average Bonchev–Trinajstić information content (AvgIpc) is 3.16. The van der Waals surface area contributed by atoms with E-state index in [-0.39, 0.29) is 46.4 Å². The standard InChI is InChI=1S/C26H26ClN3O7S/c1-2-36-20-13-17(12-19(27)24(20)37-16-22(31)28-18-6-4-3-5-7-18)14-21-25(33)30(26(34)38-21)15-23(32)29-8-10-35-11-9-29/h3-7,12-14H,2,8-11,15-16H2,1H3,(H,28,31)/b21-14+. The number of carbonyl (C=O) groups is 4. The van der Waals surface area contributed by atoms with Gasteiger partial charge in [-0.1, -0.05) is 29.8 Å². The van der Waals surface area contributed by atoms with Crippen LogP contribution in [0.3, 0.4) is 0 Å². The zero-order chi connectivity index (χ0) is 27.1. The van der Waals surface area contributed by atoms with Crippen molar-refractivity contribution in [3.8, 4) is 11.5 Å². The summed E-state index contributed by atoms with van der Waals surface area (Å²) in [6.07, 6.45) is 1.50. The molecule has 2 aromatic rings. The number of carbonyl (C=O) groups excluding carboxylic acids is 4. The molecule has 0 unspecified atom stereocenters. The van der Waals surface area contributed by atoms with E-state index in [4.69, 9.17) is 25.8 Å². The molecule has 2 aliphatic heterocycles. The molecule has 2 fully saturated rings. The van der Waals surface area contributed by atoms with E-state index in [1.54, 1.807) is 48.2 Å². The highest BCUT2D eigenvalue weighted by Gasteiger charge is 2.37. The molecule has 2 aromatic carbocycles. The molecule has 0 bridgehead atoms. The van der Waals surface area contributed by atoms with Crippen molar-refractivity contribution in [3.63, 3.8) is 0 Å². The SMILES string of the molecule is CCOc1cc(/C=C2/SC(=O)N(CC(=O)N3CCOCC3)C2=O)cc(Cl)c1OCC(=O)Nc1ccccc1. The third kappa shape index (κ3) is 6.85. The summed E-state index contributed by atoms with van der Waals surface area (Å²) in [6, 6.07) is 12.1. The van der Waals surface area contributed by atoms with Gasteiger partial charge in [0.05, 0.1) is 29.7 Å². The summed E-state index contributed by atoms with van der Waals surface area (Å²) in [6.45, 7) is 3.14. The number of imide groups is 1. The molecule has 0 atom stereocenters. The van der Waals surface area contributed by atoms with E-state index in [1.165, 1.54) is 6.08 Å². The summed E-state index contributed by atoms with van der Waals surface area (Å²) in [4.78, 5) is 52.9. The fourth-order valence-electron chi connectivity index (χ4n) is 3.77. The zero-order valence-corrected chi connectivity index (χ0v) is 22.2. The van der Waals surface area contributed by atoms with Crippen molar-refractivity contribution in [1.29, 1.82) is 0 Å². The Morgan fingerprint density at radius 1 is 1.13 bits per heavy atom. The number of amides is 4. The molecule has 2 aliphatic rings. The molecule has 200 valence electrons. The zero-order valence-electron chi connectivity index (χ0n) is 20.6. The summed E-state index contributed by atoms with van der Waals surface area (Å²) in [5, 5.41) is 2.36. The van der Waals surface area contributed by atoms with Gasteiger partial charge in [-0.05, 0) is 54.6 Å². The Kier molecular flexibility index (Phi) is 9.27. The lowest BCUT2D eigenvalue weighted by Gasteiger charge is -2.28. The first-order valence-electron chi connectivity index (χ1n) is 11.9. The Bertz CT molecular complexity index is 1250. The van der Waals surface area contributed by atoms with Crippen LogP contribution in [-0.4, -0.2) is 78.8 Å². The maximum Gasteiger partial charge on any atom is 0.294 e. The van der Waals surface area contributed by atoms with Crippen molar-refractivity contribution in [2.45, 2.75) is 6.92 Å². The van der Waals surface area contributed by atoms with Crippen molar-refractivity contribution < 1.29 is 33.4 Å². The average molecular weight is 560 g/mol. The predicted octanol–water partition coefficient (Wildman–Crippen LogP) is 3.65. The number of para-hydroxylation sites is 1. The van der Waals surface area contributed by atoms with Gasteiger partial charge in [-0.25, -0.2) is 0 Å².